The Morgan fingerprint density at radius 1 is 1.12 bits per heavy atom. The summed E-state index contributed by atoms with van der Waals surface area (Å²) in [6, 6.07) is 18.1. The Hall–Kier alpha value is -2.87. The Kier molecular flexibility index (Phi) is 7.99. The third-order valence-electron chi connectivity index (χ3n) is 5.70. The van der Waals surface area contributed by atoms with Crippen LogP contribution in [0.15, 0.2) is 60.8 Å². The minimum Gasteiger partial charge on any atom is -0.492 e. The molecule has 4 rings (SSSR count). The van der Waals surface area contributed by atoms with Crippen LogP contribution in [0, 0.1) is 0 Å². The van der Waals surface area contributed by atoms with Gasteiger partial charge in [-0.15, -0.1) is 0 Å². The normalized spacial score (nSPS) is 15.8. The molecule has 1 saturated heterocycles. The first-order valence-electron chi connectivity index (χ1n) is 11.4. The SMILES string of the molecule is CCN(CC)CCOc1ccc(Nc2ncc(Cl)c(N3OCCC3c3ccccc3)n2)cc1. The molecular formula is C25H30ClN5O2. The van der Waals surface area contributed by atoms with E-state index >= 15 is 0 Å². The molecule has 0 spiro atoms. The third-order valence-corrected chi connectivity index (χ3v) is 5.97. The highest BCUT2D eigenvalue weighted by atomic mass is 35.5. The standard InChI is InChI=1S/C25H30ClN5O2/c1-3-30(4-2)15-17-32-21-12-10-20(11-13-21)28-25-27-18-22(26)24(29-25)31-23(14-16-33-31)19-8-6-5-7-9-19/h5-13,18,23H,3-4,14-17H2,1-2H3,(H,27,28,29). The molecule has 1 N–H and O–H groups in total. The number of ether oxygens (including phenoxy) is 1. The molecule has 7 nitrogen and oxygen atoms in total. The number of rotatable bonds is 10. The predicted octanol–water partition coefficient (Wildman–Crippen LogP) is 5.48. The van der Waals surface area contributed by atoms with Crippen LogP contribution in [0.25, 0.3) is 0 Å². The van der Waals surface area contributed by atoms with Gasteiger partial charge in [-0.2, -0.15) is 4.98 Å². The molecule has 0 aliphatic carbocycles. The molecular weight excluding hydrogens is 438 g/mol. The fraction of sp³-hybridized carbons (Fsp3) is 0.360. The van der Waals surface area contributed by atoms with Gasteiger partial charge in [0, 0.05) is 18.7 Å². The number of likely N-dealkylation sites (N-methyl/N-ethyl adjacent to an activating group) is 1. The molecule has 1 unspecified atom stereocenters. The van der Waals surface area contributed by atoms with E-state index < -0.39 is 0 Å². The van der Waals surface area contributed by atoms with E-state index in [2.05, 4.69) is 46.2 Å². The molecule has 1 atom stereocenters. The van der Waals surface area contributed by atoms with Gasteiger partial charge in [-0.05, 0) is 42.9 Å². The number of anilines is 3. The van der Waals surface area contributed by atoms with Gasteiger partial charge >= 0.3 is 0 Å². The second kappa shape index (κ2) is 11.3. The third kappa shape index (κ3) is 5.93. The molecule has 2 aromatic carbocycles. The van der Waals surface area contributed by atoms with Gasteiger partial charge in [-0.3, -0.25) is 4.84 Å². The summed E-state index contributed by atoms with van der Waals surface area (Å²) >= 11 is 6.45. The van der Waals surface area contributed by atoms with E-state index in [1.165, 1.54) is 0 Å². The average molecular weight is 468 g/mol. The number of halogens is 1. The van der Waals surface area contributed by atoms with E-state index in [4.69, 9.17) is 21.2 Å². The van der Waals surface area contributed by atoms with Gasteiger partial charge in [0.05, 0.1) is 18.8 Å². The van der Waals surface area contributed by atoms with E-state index in [1.54, 1.807) is 11.3 Å². The van der Waals surface area contributed by atoms with Gasteiger partial charge in [0.1, 0.15) is 17.4 Å². The Morgan fingerprint density at radius 3 is 2.61 bits per heavy atom. The Balaban J connectivity index is 1.42. The molecule has 174 valence electrons. The van der Waals surface area contributed by atoms with E-state index in [1.807, 2.05) is 42.5 Å². The first-order valence-corrected chi connectivity index (χ1v) is 11.8. The van der Waals surface area contributed by atoms with Crippen LogP contribution in [-0.2, 0) is 4.84 Å². The molecule has 1 aliphatic rings. The van der Waals surface area contributed by atoms with Crippen molar-refractivity contribution in [2.45, 2.75) is 26.3 Å². The zero-order valence-corrected chi connectivity index (χ0v) is 19.8. The minimum atomic E-state index is 0.0548. The van der Waals surface area contributed by atoms with E-state index in [9.17, 15) is 0 Å². The van der Waals surface area contributed by atoms with Crippen molar-refractivity contribution in [3.8, 4) is 5.75 Å². The van der Waals surface area contributed by atoms with Crippen molar-refractivity contribution < 1.29 is 9.57 Å². The number of hydrogen-bond acceptors (Lipinski definition) is 7. The zero-order chi connectivity index (χ0) is 23.0. The number of nitrogens with zero attached hydrogens (tertiary/aromatic N) is 4. The molecule has 0 saturated carbocycles. The largest absolute Gasteiger partial charge is 0.492 e. The number of hydrogen-bond donors (Lipinski definition) is 1. The quantitative estimate of drug-likeness (QED) is 0.423. The lowest BCUT2D eigenvalue weighted by atomic mass is 10.0. The Labute approximate surface area is 200 Å². The highest BCUT2D eigenvalue weighted by Gasteiger charge is 2.30. The average Bonchev–Trinajstić information content (AvgIpc) is 3.34. The van der Waals surface area contributed by atoms with Crippen molar-refractivity contribution in [3.05, 3.63) is 71.4 Å². The van der Waals surface area contributed by atoms with Crippen molar-refractivity contribution >= 4 is 29.1 Å². The fourth-order valence-corrected chi connectivity index (χ4v) is 4.00. The van der Waals surface area contributed by atoms with Crippen LogP contribution in [0.2, 0.25) is 5.02 Å². The van der Waals surface area contributed by atoms with Gasteiger partial charge < -0.3 is 15.0 Å². The van der Waals surface area contributed by atoms with Gasteiger partial charge in [-0.25, -0.2) is 10.0 Å². The summed E-state index contributed by atoms with van der Waals surface area (Å²) in [6.45, 7) is 8.56. The number of hydroxylamine groups is 1. The molecule has 0 bridgehead atoms. The summed E-state index contributed by atoms with van der Waals surface area (Å²) in [5.41, 5.74) is 2.03. The summed E-state index contributed by atoms with van der Waals surface area (Å²) < 4.78 is 5.86. The summed E-state index contributed by atoms with van der Waals surface area (Å²) in [4.78, 5) is 17.2. The summed E-state index contributed by atoms with van der Waals surface area (Å²) in [6.07, 6.45) is 2.46. The lowest BCUT2D eigenvalue weighted by Gasteiger charge is -2.24. The molecule has 0 amide bonds. The van der Waals surface area contributed by atoms with E-state index in [-0.39, 0.29) is 6.04 Å². The van der Waals surface area contributed by atoms with Crippen LogP contribution in [0.3, 0.4) is 0 Å². The van der Waals surface area contributed by atoms with E-state index in [0.29, 0.717) is 30.0 Å². The predicted molar refractivity (Wildman–Crippen MR) is 132 cm³/mol. The molecule has 0 radical (unpaired) electrons. The van der Waals surface area contributed by atoms with Crippen LogP contribution in [0.5, 0.6) is 5.75 Å². The van der Waals surface area contributed by atoms with Crippen LogP contribution in [0.4, 0.5) is 17.5 Å². The van der Waals surface area contributed by atoms with Crippen LogP contribution in [-0.4, -0.2) is 47.7 Å². The maximum absolute atomic E-state index is 6.45. The van der Waals surface area contributed by atoms with Gasteiger partial charge in [0.2, 0.25) is 5.95 Å². The number of benzene rings is 2. The Morgan fingerprint density at radius 2 is 1.88 bits per heavy atom. The molecule has 1 aromatic heterocycles. The van der Waals surface area contributed by atoms with Crippen molar-refractivity contribution in [2.24, 2.45) is 0 Å². The molecule has 1 aliphatic heterocycles. The van der Waals surface area contributed by atoms with Crippen LogP contribution >= 0.6 is 11.6 Å². The van der Waals surface area contributed by atoms with Gasteiger partial charge in [-0.1, -0.05) is 55.8 Å². The number of nitrogens with one attached hydrogen (secondary N) is 1. The molecule has 33 heavy (non-hydrogen) atoms. The van der Waals surface area contributed by atoms with Crippen molar-refractivity contribution in [1.29, 1.82) is 0 Å². The lowest BCUT2D eigenvalue weighted by Crippen LogP contribution is -2.27. The highest BCUT2D eigenvalue weighted by molar-refractivity contribution is 6.32. The second-order valence-corrected chi connectivity index (χ2v) is 8.17. The zero-order valence-electron chi connectivity index (χ0n) is 19.1. The fourth-order valence-electron chi connectivity index (χ4n) is 3.82. The van der Waals surface area contributed by atoms with Crippen molar-refractivity contribution in [2.75, 3.05) is 43.2 Å². The van der Waals surface area contributed by atoms with Crippen LogP contribution in [0.1, 0.15) is 31.9 Å². The first kappa shape index (κ1) is 23.3. The molecule has 3 aromatic rings. The summed E-state index contributed by atoms with van der Waals surface area (Å²) in [5, 5.41) is 5.48. The summed E-state index contributed by atoms with van der Waals surface area (Å²) in [7, 11) is 0. The van der Waals surface area contributed by atoms with Crippen molar-refractivity contribution in [1.82, 2.24) is 14.9 Å². The summed E-state index contributed by atoms with van der Waals surface area (Å²) in [5.74, 6) is 1.84. The van der Waals surface area contributed by atoms with Gasteiger partial charge in [0.25, 0.3) is 0 Å². The highest BCUT2D eigenvalue weighted by Crippen LogP contribution is 2.37. The minimum absolute atomic E-state index is 0.0548. The Bertz CT molecular complexity index is 1020. The molecule has 2 heterocycles. The maximum Gasteiger partial charge on any atom is 0.229 e. The first-order chi connectivity index (χ1) is 16.2. The topological polar surface area (TPSA) is 62.8 Å². The molecule has 8 heteroatoms. The second-order valence-electron chi connectivity index (χ2n) is 7.76. The maximum atomic E-state index is 6.45. The van der Waals surface area contributed by atoms with Gasteiger partial charge in [0.15, 0.2) is 5.82 Å². The monoisotopic (exact) mass is 467 g/mol. The van der Waals surface area contributed by atoms with Crippen molar-refractivity contribution in [3.63, 3.8) is 0 Å². The molecule has 1 fully saturated rings. The smallest absolute Gasteiger partial charge is 0.229 e. The lowest BCUT2D eigenvalue weighted by molar-refractivity contribution is 0.157. The number of aromatic nitrogens is 2. The van der Waals surface area contributed by atoms with Crippen LogP contribution < -0.4 is 15.1 Å². The van der Waals surface area contributed by atoms with E-state index in [0.717, 1.165) is 43.1 Å².